The molecule has 0 aromatic heterocycles. The summed E-state index contributed by atoms with van der Waals surface area (Å²) in [6, 6.07) is 8.12. The maximum atomic E-state index is 13.8. The third-order valence-electron chi connectivity index (χ3n) is 13.4. The van der Waals surface area contributed by atoms with Crippen LogP contribution in [0.1, 0.15) is 44.0 Å². The summed E-state index contributed by atoms with van der Waals surface area (Å²) < 4.78 is 43.9. The predicted molar refractivity (Wildman–Crippen MR) is 170 cm³/mol. The van der Waals surface area contributed by atoms with Crippen molar-refractivity contribution in [2.75, 3.05) is 48.1 Å². The van der Waals surface area contributed by atoms with Crippen molar-refractivity contribution in [1.29, 1.82) is 0 Å². The Morgan fingerprint density at radius 3 is 2.20 bits per heavy atom. The summed E-state index contributed by atoms with van der Waals surface area (Å²) in [5, 5.41) is 25.5. The van der Waals surface area contributed by atoms with Crippen molar-refractivity contribution in [3.05, 3.63) is 35.9 Å². The Hall–Kier alpha value is -2.65. The lowest BCUT2D eigenvalue weighted by atomic mass is 9.42. The second-order valence-corrected chi connectivity index (χ2v) is 15.0. The molecule has 6 fully saturated rings. The minimum Gasteiger partial charge on any atom is -0.462 e. The highest BCUT2D eigenvalue weighted by Gasteiger charge is 2.92. The van der Waals surface area contributed by atoms with E-state index >= 15 is 0 Å². The summed E-state index contributed by atoms with van der Waals surface area (Å²) in [7, 11) is 6.25. The summed E-state index contributed by atoms with van der Waals surface area (Å²) in [5.41, 5.74) is -4.92. The highest BCUT2D eigenvalue weighted by molar-refractivity contribution is 5.89. The van der Waals surface area contributed by atoms with E-state index in [0.717, 1.165) is 0 Å². The van der Waals surface area contributed by atoms with Gasteiger partial charge in [0.15, 0.2) is 5.60 Å². The number of rotatable bonds is 10. The molecule has 49 heavy (non-hydrogen) atoms. The van der Waals surface area contributed by atoms with Crippen LogP contribution in [0.2, 0.25) is 0 Å². The van der Waals surface area contributed by atoms with E-state index in [1.807, 2.05) is 6.92 Å². The fourth-order valence-corrected chi connectivity index (χ4v) is 12.7. The van der Waals surface area contributed by atoms with E-state index in [1.165, 1.54) is 21.0 Å². The SMILES string of the molecule is CCN1C[C@@]2(COC)C3[C@@H](OC)[C@H]4C1[C@@]3(C1C[C@@]3(O)[C@H](OC(=O)c5ccccc5)C1[C@]4(OC(C)=O)[C@@H](O)[C@@H]3OC)[C@@H](OC)C[C@H]2OC(C)=O. The van der Waals surface area contributed by atoms with E-state index in [2.05, 4.69) is 4.90 Å². The van der Waals surface area contributed by atoms with E-state index in [9.17, 15) is 24.6 Å². The first-order valence-corrected chi connectivity index (χ1v) is 17.2. The van der Waals surface area contributed by atoms with Crippen molar-refractivity contribution in [2.45, 2.75) is 87.5 Å². The van der Waals surface area contributed by atoms with Crippen LogP contribution < -0.4 is 0 Å². The van der Waals surface area contributed by atoms with E-state index in [1.54, 1.807) is 51.7 Å². The third-order valence-corrected chi connectivity index (χ3v) is 13.4. The van der Waals surface area contributed by atoms with Crippen LogP contribution in [0.15, 0.2) is 30.3 Å². The Bertz CT molecular complexity index is 1480. The number of hydrogen-bond acceptors (Lipinski definition) is 13. The smallest absolute Gasteiger partial charge is 0.338 e. The first-order valence-electron chi connectivity index (χ1n) is 17.2. The van der Waals surface area contributed by atoms with Crippen LogP contribution in [0.4, 0.5) is 0 Å². The number of fused-ring (bicyclic) bond motifs is 2. The number of aliphatic hydroxyl groups excluding tert-OH is 1. The fraction of sp³-hybridized carbons (Fsp3) is 0.750. The minimum absolute atomic E-state index is 0.0534. The van der Waals surface area contributed by atoms with Crippen LogP contribution >= 0.6 is 0 Å². The molecule has 1 aliphatic heterocycles. The average molecular weight is 688 g/mol. The van der Waals surface area contributed by atoms with Gasteiger partial charge in [-0.15, -0.1) is 0 Å². The van der Waals surface area contributed by atoms with Gasteiger partial charge in [0.1, 0.15) is 30.0 Å². The van der Waals surface area contributed by atoms with E-state index in [4.69, 9.17) is 33.2 Å². The lowest BCUT2D eigenvalue weighted by Gasteiger charge is -2.70. The third kappa shape index (κ3) is 4.21. The Balaban J connectivity index is 1.53. The Kier molecular flexibility index (Phi) is 8.49. The van der Waals surface area contributed by atoms with Crippen LogP contribution in [0.25, 0.3) is 0 Å². The van der Waals surface area contributed by atoms with Gasteiger partial charge in [0.25, 0.3) is 0 Å². The number of piperidine rings is 1. The number of ether oxygens (including phenoxy) is 7. The summed E-state index contributed by atoms with van der Waals surface area (Å²) in [6.45, 7) is 5.99. The van der Waals surface area contributed by atoms with Crippen molar-refractivity contribution in [3.8, 4) is 0 Å². The van der Waals surface area contributed by atoms with Crippen molar-refractivity contribution >= 4 is 17.9 Å². The van der Waals surface area contributed by atoms with Crippen LogP contribution in [-0.2, 0) is 42.7 Å². The Labute approximate surface area is 286 Å². The maximum absolute atomic E-state index is 13.8. The first-order chi connectivity index (χ1) is 23.4. The standard InChI is InChI=1S/C36H49NO12/c1-8-37-16-33(17-43-4)22(47-18(2)38)14-23(44-5)35-21-15-34(42)30(48-32(41)20-12-10-9-11-13-20)24(21)36(49-19(3)39,29(40)31(34)46-7)25(28(35)37)26(45-6)27(33)35/h9-13,21-31,40,42H,8,14-17H2,1-7H3/t21?,22-,23+,24?,25+,26+,27?,28?,29+,30-,31+,33+,34-,35+,36-/m1/s1. The fourth-order valence-electron chi connectivity index (χ4n) is 12.7. The molecule has 13 heteroatoms. The zero-order chi connectivity index (χ0) is 35.3. The van der Waals surface area contributed by atoms with Gasteiger partial charge in [-0.2, -0.15) is 0 Å². The second kappa shape index (κ2) is 12.0. The highest BCUT2D eigenvalue weighted by Crippen LogP contribution is 2.80. The molecule has 15 atom stereocenters. The van der Waals surface area contributed by atoms with E-state index < -0.39 is 100 Å². The monoisotopic (exact) mass is 687 g/mol. The van der Waals surface area contributed by atoms with E-state index in [-0.39, 0.29) is 24.6 Å². The van der Waals surface area contributed by atoms with Crippen molar-refractivity contribution in [1.82, 2.24) is 4.90 Å². The van der Waals surface area contributed by atoms with Crippen molar-refractivity contribution in [2.24, 2.45) is 34.5 Å². The number of carbonyl (C=O) groups excluding carboxylic acids is 3. The zero-order valence-corrected chi connectivity index (χ0v) is 29.2. The quantitative estimate of drug-likeness (QED) is 0.267. The van der Waals surface area contributed by atoms with E-state index in [0.29, 0.717) is 19.5 Å². The number of carbonyl (C=O) groups is 3. The molecule has 13 nitrogen and oxygen atoms in total. The molecule has 1 spiro atoms. The van der Waals surface area contributed by atoms with Gasteiger partial charge >= 0.3 is 17.9 Å². The van der Waals surface area contributed by atoms with Gasteiger partial charge in [0.05, 0.1) is 24.4 Å². The molecule has 0 amide bonds. The summed E-state index contributed by atoms with van der Waals surface area (Å²) >= 11 is 0. The molecule has 2 N–H and O–H groups in total. The highest BCUT2D eigenvalue weighted by atomic mass is 16.6. The summed E-state index contributed by atoms with van der Waals surface area (Å²) in [5.74, 6) is -4.24. The van der Waals surface area contributed by atoms with Gasteiger partial charge < -0.3 is 43.4 Å². The molecule has 4 unspecified atom stereocenters. The molecular weight excluding hydrogens is 638 g/mol. The van der Waals surface area contributed by atoms with Gasteiger partial charge in [-0.05, 0) is 31.0 Å². The number of methoxy groups -OCH3 is 4. The van der Waals surface area contributed by atoms with Crippen LogP contribution in [0.3, 0.4) is 0 Å². The number of likely N-dealkylation sites (tertiary alicyclic amines) is 1. The first kappa shape index (κ1) is 34.8. The molecule has 1 aromatic carbocycles. The molecule has 5 aliphatic carbocycles. The topological polar surface area (TPSA) is 160 Å². The van der Waals surface area contributed by atoms with Gasteiger partial charge in [-0.3, -0.25) is 14.5 Å². The minimum atomic E-state index is -1.86. The summed E-state index contributed by atoms with van der Waals surface area (Å²) in [4.78, 5) is 42.2. The zero-order valence-electron chi connectivity index (χ0n) is 29.2. The van der Waals surface area contributed by atoms with Crippen LogP contribution in [0.5, 0.6) is 0 Å². The van der Waals surface area contributed by atoms with Gasteiger partial charge in [0, 0.05) is 89.9 Å². The van der Waals surface area contributed by atoms with Crippen LogP contribution in [-0.4, -0.2) is 135 Å². The lowest BCUT2D eigenvalue weighted by Crippen LogP contribution is -2.81. The van der Waals surface area contributed by atoms with Gasteiger partial charge in [0.2, 0.25) is 0 Å². The molecule has 0 radical (unpaired) electrons. The molecule has 7 bridgehead atoms. The molecule has 7 rings (SSSR count). The molecule has 1 saturated heterocycles. The van der Waals surface area contributed by atoms with Gasteiger partial charge in [-0.1, -0.05) is 25.1 Å². The molecule has 5 saturated carbocycles. The van der Waals surface area contributed by atoms with Gasteiger partial charge in [-0.25, -0.2) is 4.79 Å². The largest absolute Gasteiger partial charge is 0.462 e. The number of hydrogen-bond donors (Lipinski definition) is 2. The molecule has 270 valence electrons. The number of benzene rings is 1. The lowest BCUT2D eigenvalue weighted by molar-refractivity contribution is -0.322. The Morgan fingerprint density at radius 2 is 1.63 bits per heavy atom. The van der Waals surface area contributed by atoms with Crippen molar-refractivity contribution in [3.63, 3.8) is 0 Å². The predicted octanol–water partition coefficient (Wildman–Crippen LogP) is 1.22. The number of esters is 3. The maximum Gasteiger partial charge on any atom is 0.338 e. The normalized spacial score (nSPS) is 47.4. The van der Waals surface area contributed by atoms with Crippen molar-refractivity contribution < 1.29 is 57.8 Å². The molecule has 1 heterocycles. The Morgan fingerprint density at radius 1 is 0.918 bits per heavy atom. The molecule has 1 aromatic rings. The molecular formula is C36H49NO12. The summed E-state index contributed by atoms with van der Waals surface area (Å²) in [6.07, 6.45) is -5.45. The number of nitrogens with zero attached hydrogens (tertiary/aromatic N) is 1. The molecule has 6 aliphatic rings. The number of aliphatic hydroxyl groups is 2. The second-order valence-electron chi connectivity index (χ2n) is 15.0. The van der Waals surface area contributed by atoms with Crippen LogP contribution in [0, 0.1) is 34.5 Å². The average Bonchev–Trinajstić information content (AvgIpc) is 3.44.